The zero-order valence-corrected chi connectivity index (χ0v) is 14.2. The van der Waals surface area contributed by atoms with E-state index in [-0.39, 0.29) is 31.4 Å². The highest BCUT2D eigenvalue weighted by atomic mass is 16.3. The van der Waals surface area contributed by atoms with Gasteiger partial charge in [0.2, 0.25) is 11.8 Å². The first kappa shape index (κ1) is 19.6. The Morgan fingerprint density at radius 1 is 1.30 bits per heavy atom. The van der Waals surface area contributed by atoms with Crippen molar-refractivity contribution in [3.05, 3.63) is 12.7 Å². The number of aliphatic hydroxyl groups excluding tert-OH is 2. The summed E-state index contributed by atoms with van der Waals surface area (Å²) in [6, 6.07) is 0. The van der Waals surface area contributed by atoms with Crippen LogP contribution in [-0.4, -0.2) is 46.3 Å². The van der Waals surface area contributed by atoms with Crippen LogP contribution in [0.4, 0.5) is 0 Å². The number of allylic oxidation sites excluding steroid dienone is 1. The molecule has 0 radical (unpaired) electrons. The number of carbonyl (C=O) groups is 2. The van der Waals surface area contributed by atoms with Crippen molar-refractivity contribution in [1.29, 1.82) is 0 Å². The molecule has 0 aliphatic heterocycles. The third-order valence-corrected chi connectivity index (χ3v) is 4.38. The predicted molar refractivity (Wildman–Crippen MR) is 88.7 cm³/mol. The molecule has 23 heavy (non-hydrogen) atoms. The molecule has 132 valence electrons. The number of aliphatic hydroxyl groups is 2. The average Bonchev–Trinajstić information content (AvgIpc) is 2.95. The fraction of sp³-hybridized carbons (Fsp3) is 0.765. The lowest BCUT2D eigenvalue weighted by Crippen LogP contribution is -2.51. The van der Waals surface area contributed by atoms with Crippen LogP contribution in [0.3, 0.4) is 0 Å². The molecule has 1 saturated carbocycles. The number of hydrogen-bond acceptors (Lipinski definition) is 4. The van der Waals surface area contributed by atoms with Crippen molar-refractivity contribution in [3.63, 3.8) is 0 Å². The van der Waals surface area contributed by atoms with Crippen molar-refractivity contribution in [3.8, 4) is 0 Å². The van der Waals surface area contributed by atoms with E-state index in [0.717, 1.165) is 25.7 Å². The number of rotatable bonds is 9. The summed E-state index contributed by atoms with van der Waals surface area (Å²) in [6.45, 7) is 6.82. The molecule has 6 heteroatoms. The van der Waals surface area contributed by atoms with E-state index in [9.17, 15) is 19.8 Å². The van der Waals surface area contributed by atoms with Gasteiger partial charge in [-0.2, -0.15) is 0 Å². The number of nitrogens with one attached hydrogen (secondary N) is 2. The largest absolute Gasteiger partial charge is 0.394 e. The molecule has 1 aliphatic rings. The molecule has 0 saturated heterocycles. The summed E-state index contributed by atoms with van der Waals surface area (Å²) in [5.41, 5.74) is -1.26. The van der Waals surface area contributed by atoms with Crippen molar-refractivity contribution >= 4 is 11.8 Å². The second-order valence-corrected chi connectivity index (χ2v) is 7.15. The smallest absolute Gasteiger partial charge is 0.224 e. The van der Waals surface area contributed by atoms with Crippen LogP contribution < -0.4 is 10.6 Å². The lowest BCUT2D eigenvalue weighted by atomic mass is 9.95. The fourth-order valence-corrected chi connectivity index (χ4v) is 2.90. The quantitative estimate of drug-likeness (QED) is 0.473. The molecule has 0 aromatic carbocycles. The second kappa shape index (κ2) is 8.45. The maximum atomic E-state index is 12.3. The molecule has 2 amide bonds. The van der Waals surface area contributed by atoms with Crippen LogP contribution in [0.15, 0.2) is 12.7 Å². The van der Waals surface area contributed by atoms with Crippen molar-refractivity contribution in [2.45, 2.75) is 63.5 Å². The van der Waals surface area contributed by atoms with E-state index in [4.69, 9.17) is 0 Å². The summed E-state index contributed by atoms with van der Waals surface area (Å²) in [5, 5.41) is 24.5. The highest BCUT2D eigenvalue weighted by molar-refractivity contribution is 5.86. The Hall–Kier alpha value is -1.40. The van der Waals surface area contributed by atoms with Crippen LogP contribution in [-0.2, 0) is 9.59 Å². The molecule has 0 aromatic heterocycles. The Morgan fingerprint density at radius 2 is 1.91 bits per heavy atom. The van der Waals surface area contributed by atoms with E-state index < -0.39 is 17.0 Å². The van der Waals surface area contributed by atoms with Crippen LogP contribution >= 0.6 is 0 Å². The highest BCUT2D eigenvalue weighted by Gasteiger charge is 2.35. The highest BCUT2D eigenvalue weighted by Crippen LogP contribution is 2.29. The van der Waals surface area contributed by atoms with Crippen molar-refractivity contribution in [1.82, 2.24) is 10.6 Å². The van der Waals surface area contributed by atoms with E-state index in [1.807, 2.05) is 0 Å². The van der Waals surface area contributed by atoms with Gasteiger partial charge in [-0.15, -0.1) is 6.58 Å². The zero-order chi connectivity index (χ0) is 17.5. The Kier molecular flexibility index (Phi) is 7.22. The van der Waals surface area contributed by atoms with Gasteiger partial charge in [0.15, 0.2) is 0 Å². The molecule has 1 fully saturated rings. The third-order valence-electron chi connectivity index (χ3n) is 4.38. The van der Waals surface area contributed by atoms with Gasteiger partial charge in [0, 0.05) is 6.42 Å². The van der Waals surface area contributed by atoms with E-state index in [1.54, 1.807) is 19.9 Å². The molecule has 1 aliphatic carbocycles. The van der Waals surface area contributed by atoms with Gasteiger partial charge in [-0.3, -0.25) is 9.59 Å². The van der Waals surface area contributed by atoms with Crippen LogP contribution in [0, 0.1) is 5.92 Å². The summed E-state index contributed by atoms with van der Waals surface area (Å²) < 4.78 is 0. The average molecular weight is 326 g/mol. The SMILES string of the molecule is C=CC[C@@H](CC(=O)NC1(CO)CCCC1)C(=O)NC(C)(C)CO. The molecular weight excluding hydrogens is 296 g/mol. The van der Waals surface area contributed by atoms with Crippen LogP contribution in [0.5, 0.6) is 0 Å². The minimum atomic E-state index is -0.731. The summed E-state index contributed by atoms with van der Waals surface area (Å²) in [4.78, 5) is 24.6. The van der Waals surface area contributed by atoms with Crippen molar-refractivity contribution in [2.24, 2.45) is 5.92 Å². The molecule has 0 heterocycles. The van der Waals surface area contributed by atoms with Crippen LogP contribution in [0.1, 0.15) is 52.4 Å². The number of hydrogen-bond donors (Lipinski definition) is 4. The maximum Gasteiger partial charge on any atom is 0.224 e. The van der Waals surface area contributed by atoms with Gasteiger partial charge >= 0.3 is 0 Å². The molecule has 0 unspecified atom stereocenters. The number of carbonyl (C=O) groups excluding carboxylic acids is 2. The molecule has 6 nitrogen and oxygen atoms in total. The van der Waals surface area contributed by atoms with Crippen LogP contribution in [0.25, 0.3) is 0 Å². The van der Waals surface area contributed by atoms with Crippen molar-refractivity contribution < 1.29 is 19.8 Å². The topological polar surface area (TPSA) is 98.7 Å². The monoisotopic (exact) mass is 326 g/mol. The minimum absolute atomic E-state index is 0.0428. The molecule has 0 spiro atoms. The van der Waals surface area contributed by atoms with Gasteiger partial charge in [0.25, 0.3) is 0 Å². The van der Waals surface area contributed by atoms with E-state index in [2.05, 4.69) is 17.2 Å². The first-order chi connectivity index (χ1) is 10.8. The van der Waals surface area contributed by atoms with Crippen LogP contribution in [0.2, 0.25) is 0 Å². The predicted octanol–water partition coefficient (Wildman–Crippen LogP) is 0.877. The van der Waals surface area contributed by atoms with Crippen molar-refractivity contribution in [2.75, 3.05) is 13.2 Å². The summed E-state index contributed by atoms with van der Waals surface area (Å²) in [5.74, 6) is -1.04. The normalized spacial score (nSPS) is 18.3. The zero-order valence-electron chi connectivity index (χ0n) is 14.2. The molecule has 1 atom stereocenters. The number of amides is 2. The molecule has 0 bridgehead atoms. The van der Waals surface area contributed by atoms with E-state index >= 15 is 0 Å². The maximum absolute atomic E-state index is 12.3. The van der Waals surface area contributed by atoms with Gasteiger partial charge < -0.3 is 20.8 Å². The Morgan fingerprint density at radius 3 is 2.39 bits per heavy atom. The summed E-state index contributed by atoms with van der Waals surface area (Å²) in [6.07, 6.45) is 5.55. The molecule has 1 rings (SSSR count). The summed E-state index contributed by atoms with van der Waals surface area (Å²) >= 11 is 0. The van der Waals surface area contributed by atoms with E-state index in [0.29, 0.717) is 6.42 Å². The third kappa shape index (κ3) is 5.95. The van der Waals surface area contributed by atoms with Gasteiger partial charge in [-0.05, 0) is 33.1 Å². The van der Waals surface area contributed by atoms with Gasteiger partial charge in [0.05, 0.1) is 30.2 Å². The van der Waals surface area contributed by atoms with Gasteiger partial charge in [-0.25, -0.2) is 0 Å². The molecule has 4 N–H and O–H groups in total. The first-order valence-electron chi connectivity index (χ1n) is 8.23. The lowest BCUT2D eigenvalue weighted by molar-refractivity contribution is -0.132. The Balaban J connectivity index is 2.65. The fourth-order valence-electron chi connectivity index (χ4n) is 2.90. The first-order valence-corrected chi connectivity index (χ1v) is 8.23. The standard InChI is InChI=1S/C17H30N2O4/c1-4-7-13(15(23)19-16(2,3)11-20)10-14(22)18-17(12-21)8-5-6-9-17/h4,13,20-21H,1,5-12H2,2-3H3,(H,18,22)(H,19,23)/t13-/m0/s1. The molecule has 0 aromatic rings. The Labute approximate surface area is 138 Å². The van der Waals surface area contributed by atoms with Gasteiger partial charge in [-0.1, -0.05) is 18.9 Å². The van der Waals surface area contributed by atoms with E-state index in [1.165, 1.54) is 0 Å². The Bertz CT molecular complexity index is 428. The lowest BCUT2D eigenvalue weighted by Gasteiger charge is -2.30. The molecular formula is C17H30N2O4. The van der Waals surface area contributed by atoms with Gasteiger partial charge in [0.1, 0.15) is 0 Å². The second-order valence-electron chi connectivity index (χ2n) is 7.15. The summed E-state index contributed by atoms with van der Waals surface area (Å²) in [7, 11) is 0. The minimum Gasteiger partial charge on any atom is -0.394 e.